The second kappa shape index (κ2) is 7.48. The first-order valence-corrected chi connectivity index (χ1v) is 7.66. The average Bonchev–Trinajstić information content (AvgIpc) is 2.78. The number of hydrogen-bond donors (Lipinski definition) is 0. The summed E-state index contributed by atoms with van der Waals surface area (Å²) in [5, 5.41) is 0.484. The second-order valence-corrected chi connectivity index (χ2v) is 5.70. The van der Waals surface area contributed by atoms with Crippen LogP contribution in [0.2, 0.25) is 5.02 Å². The van der Waals surface area contributed by atoms with Gasteiger partial charge in [-0.1, -0.05) is 17.7 Å². The zero-order valence-corrected chi connectivity index (χ0v) is 14.7. The van der Waals surface area contributed by atoms with Gasteiger partial charge in [0.2, 0.25) is 0 Å². The molecule has 0 saturated carbocycles. The topological polar surface area (TPSA) is 55.8 Å². The molecule has 0 amide bonds. The molecule has 2 rings (SSSR count). The van der Waals surface area contributed by atoms with Crippen LogP contribution in [0.25, 0.3) is 0 Å². The maximum atomic E-state index is 12.3. The largest absolute Gasteiger partial charge is 0.465 e. The summed E-state index contributed by atoms with van der Waals surface area (Å²) in [4.78, 5) is 25.9. The van der Waals surface area contributed by atoms with E-state index in [1.807, 2.05) is 0 Å². The summed E-state index contributed by atoms with van der Waals surface area (Å²) in [5.41, 5.74) is 0.697. The van der Waals surface area contributed by atoms with E-state index in [1.54, 1.807) is 36.6 Å². The highest BCUT2D eigenvalue weighted by Crippen LogP contribution is 2.34. The van der Waals surface area contributed by atoms with Crippen LogP contribution in [-0.4, -0.2) is 26.2 Å². The lowest BCUT2D eigenvalue weighted by atomic mass is 10.1. The van der Waals surface area contributed by atoms with Crippen LogP contribution < -0.4 is 4.90 Å². The van der Waals surface area contributed by atoms with E-state index in [9.17, 15) is 9.59 Å². The summed E-state index contributed by atoms with van der Waals surface area (Å²) in [6.07, 6.45) is 6.45. The Morgan fingerprint density at radius 2 is 1.83 bits per heavy atom. The number of esters is 2. The van der Waals surface area contributed by atoms with E-state index in [-0.39, 0.29) is 11.3 Å². The van der Waals surface area contributed by atoms with Crippen molar-refractivity contribution < 1.29 is 19.1 Å². The summed E-state index contributed by atoms with van der Waals surface area (Å²) in [6.45, 7) is 0. The molecule has 7 heteroatoms. The van der Waals surface area contributed by atoms with E-state index in [2.05, 4.69) is 15.9 Å². The number of carbonyl (C=O) groups excluding carboxylic acids is 2. The molecule has 0 bridgehead atoms. The minimum atomic E-state index is -0.673. The summed E-state index contributed by atoms with van der Waals surface area (Å²) in [5.74, 6) is -1.32. The predicted octanol–water partition coefficient (Wildman–Crippen LogP) is 3.59. The van der Waals surface area contributed by atoms with Crippen molar-refractivity contribution >= 4 is 45.2 Å². The maximum absolute atomic E-state index is 12.3. The Hall–Kier alpha value is -2.05. The summed E-state index contributed by atoms with van der Waals surface area (Å²) < 4.78 is 10.3. The van der Waals surface area contributed by atoms with Crippen molar-refractivity contribution in [1.82, 2.24) is 0 Å². The Morgan fingerprint density at radius 3 is 2.48 bits per heavy atom. The molecule has 0 N–H and O–H groups in total. The third kappa shape index (κ3) is 3.65. The Labute approximate surface area is 146 Å². The summed E-state index contributed by atoms with van der Waals surface area (Å²) >= 11 is 9.47. The summed E-state index contributed by atoms with van der Waals surface area (Å²) in [6, 6.07) is 5.12. The highest BCUT2D eigenvalue weighted by atomic mass is 79.9. The van der Waals surface area contributed by atoms with Crippen LogP contribution in [0.15, 0.2) is 58.4 Å². The number of allylic oxidation sites excluding steroid dienone is 2. The Kier molecular flexibility index (Phi) is 5.63. The van der Waals surface area contributed by atoms with Crippen LogP contribution in [0.1, 0.15) is 0 Å². The van der Waals surface area contributed by atoms with E-state index >= 15 is 0 Å². The molecule has 0 unspecified atom stereocenters. The van der Waals surface area contributed by atoms with Crippen molar-refractivity contribution in [2.24, 2.45) is 0 Å². The fourth-order valence-corrected chi connectivity index (χ4v) is 2.63. The molecule has 120 valence electrons. The first-order chi connectivity index (χ1) is 11.0. The number of hydrogen-bond acceptors (Lipinski definition) is 5. The number of methoxy groups -OCH3 is 2. The third-order valence-electron chi connectivity index (χ3n) is 3.06. The zero-order valence-electron chi connectivity index (χ0n) is 12.4. The van der Waals surface area contributed by atoms with Crippen molar-refractivity contribution in [3.05, 3.63) is 63.4 Å². The van der Waals surface area contributed by atoms with Crippen molar-refractivity contribution in [1.29, 1.82) is 0 Å². The van der Waals surface area contributed by atoms with Gasteiger partial charge in [0.05, 0.1) is 25.5 Å². The van der Waals surface area contributed by atoms with Crippen LogP contribution in [-0.2, 0) is 19.1 Å². The van der Waals surface area contributed by atoms with Crippen molar-refractivity contribution in [3.8, 4) is 0 Å². The fourth-order valence-electron chi connectivity index (χ4n) is 2.02. The van der Waals surface area contributed by atoms with Crippen molar-refractivity contribution in [2.75, 3.05) is 19.1 Å². The molecular formula is C16H13BrClNO4. The maximum Gasteiger partial charge on any atom is 0.355 e. The van der Waals surface area contributed by atoms with Gasteiger partial charge in [-0.3, -0.25) is 0 Å². The molecule has 1 heterocycles. The van der Waals surface area contributed by atoms with Gasteiger partial charge in [-0.2, -0.15) is 0 Å². The normalized spacial score (nSPS) is 13.8. The minimum absolute atomic E-state index is 0.0346. The highest BCUT2D eigenvalue weighted by Gasteiger charge is 2.28. The molecule has 0 radical (unpaired) electrons. The fraction of sp³-hybridized carbons (Fsp3) is 0.125. The average molecular weight is 399 g/mol. The van der Waals surface area contributed by atoms with Crippen molar-refractivity contribution in [2.45, 2.75) is 0 Å². The zero-order chi connectivity index (χ0) is 17.0. The molecule has 0 fully saturated rings. The second-order valence-electron chi connectivity index (χ2n) is 4.41. The highest BCUT2D eigenvalue weighted by molar-refractivity contribution is 9.10. The summed E-state index contributed by atoms with van der Waals surface area (Å²) in [7, 11) is 2.49. The van der Waals surface area contributed by atoms with Crippen LogP contribution in [0, 0.1) is 0 Å². The van der Waals surface area contributed by atoms with Gasteiger partial charge in [-0.15, -0.1) is 0 Å². The molecule has 0 saturated heterocycles. The van der Waals surface area contributed by atoms with Crippen LogP contribution in [0.3, 0.4) is 0 Å². The molecule has 0 atom stereocenters. The van der Waals surface area contributed by atoms with Gasteiger partial charge in [0.1, 0.15) is 5.70 Å². The number of rotatable bonds is 3. The lowest BCUT2D eigenvalue weighted by Gasteiger charge is -2.24. The molecule has 1 aromatic rings. The number of ether oxygens (including phenoxy) is 2. The monoisotopic (exact) mass is 397 g/mol. The van der Waals surface area contributed by atoms with E-state index in [1.165, 1.54) is 25.2 Å². The Bertz CT molecular complexity index is 740. The number of benzene rings is 1. The van der Waals surface area contributed by atoms with Gasteiger partial charge in [0, 0.05) is 15.7 Å². The predicted molar refractivity (Wildman–Crippen MR) is 91.0 cm³/mol. The van der Waals surface area contributed by atoms with Gasteiger partial charge in [-0.05, 0) is 46.3 Å². The van der Waals surface area contributed by atoms with E-state index in [4.69, 9.17) is 21.1 Å². The molecule has 0 spiro atoms. The quantitative estimate of drug-likeness (QED) is 0.728. The number of halogens is 2. The molecule has 1 aliphatic rings. The van der Waals surface area contributed by atoms with Gasteiger partial charge < -0.3 is 14.4 Å². The van der Waals surface area contributed by atoms with Gasteiger partial charge in [-0.25, -0.2) is 9.59 Å². The lowest BCUT2D eigenvalue weighted by Crippen LogP contribution is -2.27. The molecular weight excluding hydrogens is 386 g/mol. The molecule has 0 aliphatic carbocycles. The van der Waals surface area contributed by atoms with Crippen LogP contribution in [0.4, 0.5) is 5.69 Å². The van der Waals surface area contributed by atoms with Crippen LogP contribution in [0.5, 0.6) is 0 Å². The Morgan fingerprint density at radius 1 is 1.13 bits per heavy atom. The van der Waals surface area contributed by atoms with E-state index < -0.39 is 11.9 Å². The standard InChI is InChI=1S/C16H13BrClNO4/c1-22-15(20)11-5-3-4-8-19(14(11)16(21)23-2)13-9-10(18)6-7-12(13)17/h3-9H,1-2H3. The number of anilines is 1. The molecule has 23 heavy (non-hydrogen) atoms. The Balaban J connectivity index is 2.71. The smallest absolute Gasteiger partial charge is 0.355 e. The van der Waals surface area contributed by atoms with Gasteiger partial charge in [0.25, 0.3) is 0 Å². The first-order valence-electron chi connectivity index (χ1n) is 6.49. The lowest BCUT2D eigenvalue weighted by molar-refractivity contribution is -0.139. The molecule has 0 aromatic heterocycles. The third-order valence-corrected chi connectivity index (χ3v) is 3.96. The molecule has 5 nitrogen and oxygen atoms in total. The van der Waals surface area contributed by atoms with E-state index in [0.29, 0.717) is 15.2 Å². The van der Waals surface area contributed by atoms with Gasteiger partial charge in [0.15, 0.2) is 0 Å². The van der Waals surface area contributed by atoms with Crippen molar-refractivity contribution in [3.63, 3.8) is 0 Å². The van der Waals surface area contributed by atoms with Crippen LogP contribution >= 0.6 is 27.5 Å². The minimum Gasteiger partial charge on any atom is -0.465 e. The van der Waals surface area contributed by atoms with E-state index in [0.717, 1.165) is 0 Å². The number of carbonyl (C=O) groups is 2. The SMILES string of the molecule is COC(=O)C1=C(C(=O)OC)N(c2cc(Cl)ccc2Br)C=CC=C1. The van der Waals surface area contributed by atoms with Gasteiger partial charge >= 0.3 is 11.9 Å². The molecule has 1 aliphatic heterocycles. The number of nitrogens with zero attached hydrogens (tertiary/aromatic N) is 1. The first kappa shape index (κ1) is 17.3. The molecule has 1 aromatic carbocycles.